The first-order valence-corrected chi connectivity index (χ1v) is 12.6. The molecule has 1 heterocycles. The van der Waals surface area contributed by atoms with E-state index in [9.17, 15) is 18.6 Å². The van der Waals surface area contributed by atoms with Crippen LogP contribution in [0.25, 0.3) is 0 Å². The number of fused-ring (bicyclic) bond motifs is 1. The van der Waals surface area contributed by atoms with Crippen molar-refractivity contribution in [1.29, 1.82) is 0 Å². The number of hydrogen-bond acceptors (Lipinski definition) is 7. The van der Waals surface area contributed by atoms with Crippen LogP contribution in [-0.4, -0.2) is 25.4 Å². The number of nitrogens with two attached hydrogens (primary N) is 2. The number of phenolic OH excluding ortho intramolecular Hbond substituents is 1. The number of ether oxygens (including phenoxy) is 2. The van der Waals surface area contributed by atoms with Gasteiger partial charge < -0.3 is 25.4 Å². The molecule has 0 radical (unpaired) electrons. The number of hydrogen-bond donors (Lipinski definition) is 4. The van der Waals surface area contributed by atoms with Gasteiger partial charge in [0.1, 0.15) is 11.0 Å². The SMILES string of the molecule is CCC(O)c1c(N)ccc(C(C(Cc2ccccc2)c2ccc3c(c2)OCO3)S(N)(=O)=O)c1O. The summed E-state index contributed by atoms with van der Waals surface area (Å²) < 4.78 is 37.1. The molecule has 0 saturated heterocycles. The molecule has 1 aliphatic heterocycles. The average Bonchev–Trinajstić information content (AvgIpc) is 3.27. The number of primary sulfonamides is 1. The molecule has 0 bridgehead atoms. The highest BCUT2D eigenvalue weighted by Crippen LogP contribution is 2.47. The first kappa shape index (κ1) is 23.9. The van der Waals surface area contributed by atoms with Crippen LogP contribution in [0.3, 0.4) is 0 Å². The third-order valence-electron chi connectivity index (χ3n) is 6.15. The lowest BCUT2D eigenvalue weighted by atomic mass is 9.84. The summed E-state index contributed by atoms with van der Waals surface area (Å²) in [5.41, 5.74) is 7.91. The standard InChI is InChI=1S/C25H28N2O6S/c1-2-20(28)23-19(26)10-9-17(24(23)29)25(34(27,30)31)18(12-15-6-4-3-5-7-15)16-8-11-21-22(13-16)33-14-32-21/h3-11,13,18,20,25,28-29H,2,12,14,26H2,1H3,(H2,27,30,31). The fraction of sp³-hybridized carbons (Fsp3) is 0.280. The third kappa shape index (κ3) is 4.68. The van der Waals surface area contributed by atoms with Crippen molar-refractivity contribution < 1.29 is 28.1 Å². The number of anilines is 1. The fourth-order valence-electron chi connectivity index (χ4n) is 4.46. The van der Waals surface area contributed by atoms with Gasteiger partial charge in [0.15, 0.2) is 11.5 Å². The van der Waals surface area contributed by atoms with Gasteiger partial charge in [0.25, 0.3) is 0 Å². The molecule has 6 N–H and O–H groups in total. The molecule has 9 heteroatoms. The number of aliphatic hydroxyl groups excluding tert-OH is 1. The summed E-state index contributed by atoms with van der Waals surface area (Å²) in [6, 6.07) is 17.6. The normalized spacial score (nSPS) is 15.6. The molecule has 0 aromatic heterocycles. The minimum atomic E-state index is -4.24. The Hall–Kier alpha value is -3.27. The highest BCUT2D eigenvalue weighted by Gasteiger charge is 2.37. The summed E-state index contributed by atoms with van der Waals surface area (Å²) in [5.74, 6) is 0.0191. The second kappa shape index (κ2) is 9.54. The van der Waals surface area contributed by atoms with E-state index in [1.165, 1.54) is 12.1 Å². The van der Waals surface area contributed by atoms with Crippen molar-refractivity contribution in [3.05, 3.63) is 82.9 Å². The minimum absolute atomic E-state index is 0.0811. The molecule has 0 amide bonds. The van der Waals surface area contributed by atoms with Gasteiger partial charge in [-0.25, -0.2) is 13.6 Å². The van der Waals surface area contributed by atoms with Gasteiger partial charge >= 0.3 is 0 Å². The lowest BCUT2D eigenvalue weighted by Gasteiger charge is -2.28. The summed E-state index contributed by atoms with van der Waals surface area (Å²) in [6.07, 6.45) is -0.451. The van der Waals surface area contributed by atoms with E-state index >= 15 is 0 Å². The van der Waals surface area contributed by atoms with E-state index in [-0.39, 0.29) is 35.8 Å². The number of phenols is 1. The lowest BCUT2D eigenvalue weighted by molar-refractivity contribution is 0.170. The van der Waals surface area contributed by atoms with E-state index in [4.69, 9.17) is 20.3 Å². The average molecular weight is 485 g/mol. The van der Waals surface area contributed by atoms with E-state index in [1.807, 2.05) is 30.3 Å². The Morgan fingerprint density at radius 2 is 1.74 bits per heavy atom. The van der Waals surface area contributed by atoms with Crippen molar-refractivity contribution in [3.63, 3.8) is 0 Å². The molecule has 3 aromatic rings. The van der Waals surface area contributed by atoms with Gasteiger partial charge in [0.05, 0.1) is 6.10 Å². The number of nitrogen functional groups attached to an aromatic ring is 1. The van der Waals surface area contributed by atoms with Crippen molar-refractivity contribution in [2.45, 2.75) is 37.0 Å². The Morgan fingerprint density at radius 3 is 2.41 bits per heavy atom. The Morgan fingerprint density at radius 1 is 1.03 bits per heavy atom. The topological polar surface area (TPSA) is 145 Å². The summed E-state index contributed by atoms with van der Waals surface area (Å²) in [7, 11) is -4.24. The van der Waals surface area contributed by atoms with Crippen molar-refractivity contribution >= 4 is 15.7 Å². The summed E-state index contributed by atoms with van der Waals surface area (Å²) in [6.45, 7) is 1.82. The molecule has 3 atom stereocenters. The van der Waals surface area contributed by atoms with Crippen molar-refractivity contribution in [2.24, 2.45) is 5.14 Å². The molecule has 3 unspecified atom stereocenters. The van der Waals surface area contributed by atoms with Crippen LogP contribution in [0.5, 0.6) is 17.2 Å². The van der Waals surface area contributed by atoms with E-state index in [0.717, 1.165) is 5.56 Å². The first-order chi connectivity index (χ1) is 16.2. The van der Waals surface area contributed by atoms with E-state index < -0.39 is 27.3 Å². The van der Waals surface area contributed by atoms with Gasteiger partial charge in [-0.2, -0.15) is 0 Å². The molecule has 1 aliphatic rings. The molecule has 8 nitrogen and oxygen atoms in total. The second-order valence-electron chi connectivity index (χ2n) is 8.35. The van der Waals surface area contributed by atoms with Crippen LogP contribution in [0, 0.1) is 0 Å². The van der Waals surface area contributed by atoms with E-state index in [0.29, 0.717) is 23.5 Å². The number of rotatable bonds is 8. The summed E-state index contributed by atoms with van der Waals surface area (Å²) in [4.78, 5) is 0. The summed E-state index contributed by atoms with van der Waals surface area (Å²) in [5, 5.41) is 26.0. The monoisotopic (exact) mass is 484 g/mol. The van der Waals surface area contributed by atoms with Gasteiger partial charge in [-0.1, -0.05) is 49.4 Å². The number of aromatic hydroxyl groups is 1. The Labute approximate surface area is 198 Å². The molecule has 0 aliphatic carbocycles. The molecule has 4 rings (SSSR count). The van der Waals surface area contributed by atoms with E-state index in [2.05, 4.69) is 0 Å². The van der Waals surface area contributed by atoms with Gasteiger partial charge in [-0.3, -0.25) is 0 Å². The van der Waals surface area contributed by atoms with Gasteiger partial charge in [0.2, 0.25) is 16.8 Å². The molecule has 0 spiro atoms. The molecule has 34 heavy (non-hydrogen) atoms. The van der Waals surface area contributed by atoms with Crippen LogP contribution in [0.2, 0.25) is 0 Å². The van der Waals surface area contributed by atoms with Gasteiger partial charge in [0, 0.05) is 22.7 Å². The third-order valence-corrected chi connectivity index (χ3v) is 7.44. The number of aliphatic hydroxyl groups is 1. The predicted octanol–water partition coefficient (Wildman–Crippen LogP) is 3.50. The second-order valence-corrected chi connectivity index (χ2v) is 10.0. The summed E-state index contributed by atoms with van der Waals surface area (Å²) >= 11 is 0. The van der Waals surface area contributed by atoms with E-state index in [1.54, 1.807) is 25.1 Å². The molecule has 0 saturated carbocycles. The number of sulfonamides is 1. The van der Waals surface area contributed by atoms with Crippen LogP contribution >= 0.6 is 0 Å². The zero-order chi connectivity index (χ0) is 24.5. The fourth-order valence-corrected chi connectivity index (χ4v) is 5.71. The lowest BCUT2D eigenvalue weighted by Crippen LogP contribution is -2.28. The number of benzene rings is 3. The quantitative estimate of drug-likeness (QED) is 0.358. The maximum absolute atomic E-state index is 13.1. The van der Waals surface area contributed by atoms with Crippen LogP contribution in [0.4, 0.5) is 5.69 Å². The Bertz CT molecular complexity index is 1280. The van der Waals surface area contributed by atoms with Crippen LogP contribution in [-0.2, 0) is 16.4 Å². The Kier molecular flexibility index (Phi) is 6.70. The van der Waals surface area contributed by atoms with Crippen molar-refractivity contribution in [3.8, 4) is 17.2 Å². The zero-order valence-electron chi connectivity index (χ0n) is 18.7. The molecular formula is C25H28N2O6S. The van der Waals surface area contributed by atoms with Gasteiger partial charge in [-0.05, 0) is 42.2 Å². The van der Waals surface area contributed by atoms with Crippen LogP contribution in [0.1, 0.15) is 52.9 Å². The van der Waals surface area contributed by atoms with Crippen LogP contribution < -0.4 is 20.3 Å². The Balaban J connectivity index is 1.91. The van der Waals surface area contributed by atoms with Crippen molar-refractivity contribution in [2.75, 3.05) is 12.5 Å². The van der Waals surface area contributed by atoms with Gasteiger partial charge in [-0.15, -0.1) is 0 Å². The maximum Gasteiger partial charge on any atom is 0.231 e. The smallest absolute Gasteiger partial charge is 0.231 e. The van der Waals surface area contributed by atoms with Crippen LogP contribution in [0.15, 0.2) is 60.7 Å². The first-order valence-electron chi connectivity index (χ1n) is 10.9. The highest BCUT2D eigenvalue weighted by molar-refractivity contribution is 7.89. The molecule has 180 valence electrons. The molecule has 0 fully saturated rings. The highest BCUT2D eigenvalue weighted by atomic mass is 32.2. The molecular weight excluding hydrogens is 456 g/mol. The maximum atomic E-state index is 13.1. The zero-order valence-corrected chi connectivity index (χ0v) is 19.5. The largest absolute Gasteiger partial charge is 0.507 e. The predicted molar refractivity (Wildman–Crippen MR) is 129 cm³/mol. The van der Waals surface area contributed by atoms with Crippen molar-refractivity contribution in [1.82, 2.24) is 0 Å². The minimum Gasteiger partial charge on any atom is -0.507 e. The molecule has 3 aromatic carbocycles.